The van der Waals surface area contributed by atoms with Crippen LogP contribution in [-0.4, -0.2) is 34.3 Å². The number of benzene rings is 1. The van der Waals surface area contributed by atoms with Crippen LogP contribution in [0, 0.1) is 0 Å². The summed E-state index contributed by atoms with van der Waals surface area (Å²) >= 11 is 0. The normalized spacial score (nSPS) is 13.3. The van der Waals surface area contributed by atoms with E-state index in [0.29, 0.717) is 0 Å². The van der Waals surface area contributed by atoms with Crippen molar-refractivity contribution in [2.75, 3.05) is 30.8 Å². The van der Waals surface area contributed by atoms with E-state index in [0.717, 1.165) is 30.6 Å². The van der Waals surface area contributed by atoms with Gasteiger partial charge in [0.25, 0.3) is 0 Å². The summed E-state index contributed by atoms with van der Waals surface area (Å²) in [6.45, 7) is 6.32. The predicted octanol–water partition coefficient (Wildman–Crippen LogP) is 1.08. The van der Waals surface area contributed by atoms with E-state index in [-0.39, 0.29) is 12.6 Å². The number of sulfonamides is 1. The number of nitrogens with zero attached hydrogens (tertiary/aromatic N) is 1. The molecule has 0 saturated heterocycles. The van der Waals surface area contributed by atoms with Crippen LogP contribution in [0.15, 0.2) is 24.3 Å². The molecule has 0 aliphatic carbocycles. The van der Waals surface area contributed by atoms with E-state index in [1.165, 1.54) is 0 Å². The zero-order valence-electron chi connectivity index (χ0n) is 11.8. The van der Waals surface area contributed by atoms with Gasteiger partial charge >= 0.3 is 0 Å². The number of nitrogens with one attached hydrogen (secondary N) is 1. The summed E-state index contributed by atoms with van der Waals surface area (Å²) < 4.78 is 25.1. The van der Waals surface area contributed by atoms with Gasteiger partial charge in [0.05, 0.1) is 12.3 Å². The third kappa shape index (κ3) is 4.81. The van der Waals surface area contributed by atoms with E-state index < -0.39 is 10.0 Å². The second-order valence-corrected chi connectivity index (χ2v) is 6.22. The van der Waals surface area contributed by atoms with Crippen LogP contribution in [0.3, 0.4) is 0 Å². The zero-order valence-corrected chi connectivity index (χ0v) is 12.6. The van der Waals surface area contributed by atoms with Crippen LogP contribution in [0.25, 0.3) is 0 Å². The van der Waals surface area contributed by atoms with Gasteiger partial charge in [-0.15, -0.1) is 0 Å². The third-order valence-electron chi connectivity index (χ3n) is 3.02. The summed E-state index contributed by atoms with van der Waals surface area (Å²) in [6, 6.07) is 7.46. The molecule has 108 valence electrons. The van der Waals surface area contributed by atoms with E-state index in [9.17, 15) is 8.42 Å². The molecule has 0 spiro atoms. The molecule has 6 heteroatoms. The monoisotopic (exact) mass is 285 g/mol. The molecule has 5 nitrogen and oxygen atoms in total. The Hall–Kier alpha value is -1.11. The zero-order chi connectivity index (χ0) is 14.5. The number of hydrogen-bond donors (Lipinski definition) is 2. The Balaban J connectivity index is 2.90. The van der Waals surface area contributed by atoms with Crippen molar-refractivity contribution in [2.24, 2.45) is 5.73 Å². The average molecular weight is 285 g/mol. The van der Waals surface area contributed by atoms with Crippen LogP contribution >= 0.6 is 0 Å². The van der Waals surface area contributed by atoms with Crippen molar-refractivity contribution in [3.63, 3.8) is 0 Å². The minimum absolute atomic E-state index is 0.234. The first-order valence-corrected chi connectivity index (χ1v) is 8.32. The highest BCUT2D eigenvalue weighted by molar-refractivity contribution is 7.88. The maximum absolute atomic E-state index is 11.3. The van der Waals surface area contributed by atoms with Crippen LogP contribution in [0.1, 0.15) is 25.5 Å². The number of hydrogen-bond acceptors (Lipinski definition) is 4. The van der Waals surface area contributed by atoms with Gasteiger partial charge in [0, 0.05) is 25.3 Å². The smallest absolute Gasteiger partial charge is 0.209 e. The Bertz CT molecular complexity index is 481. The molecule has 3 N–H and O–H groups in total. The van der Waals surface area contributed by atoms with Gasteiger partial charge in [0.2, 0.25) is 10.0 Å². The fourth-order valence-corrected chi connectivity index (χ4v) is 2.77. The Morgan fingerprint density at radius 3 is 2.11 bits per heavy atom. The first kappa shape index (κ1) is 15.9. The van der Waals surface area contributed by atoms with Gasteiger partial charge < -0.3 is 10.6 Å². The van der Waals surface area contributed by atoms with Crippen molar-refractivity contribution >= 4 is 15.7 Å². The molecule has 0 saturated carbocycles. The largest absolute Gasteiger partial charge is 0.372 e. The summed E-state index contributed by atoms with van der Waals surface area (Å²) in [5.74, 6) is 0. The second-order valence-electron chi connectivity index (χ2n) is 4.44. The molecular formula is C13H23N3O2S. The standard InChI is InChI=1S/C13H23N3O2S/c1-4-16(5-2)12-8-6-11(7-9-12)13(10-14)15-19(3,17)18/h6-9,13,15H,4-5,10,14H2,1-3H3. The maximum Gasteiger partial charge on any atom is 0.209 e. The minimum Gasteiger partial charge on any atom is -0.372 e. The van der Waals surface area contributed by atoms with E-state index in [2.05, 4.69) is 23.5 Å². The van der Waals surface area contributed by atoms with Crippen LogP contribution < -0.4 is 15.4 Å². The summed E-state index contributed by atoms with van der Waals surface area (Å²) in [6.07, 6.45) is 1.14. The van der Waals surface area contributed by atoms with Crippen molar-refractivity contribution in [1.29, 1.82) is 0 Å². The SMILES string of the molecule is CCN(CC)c1ccc(C(CN)NS(C)(=O)=O)cc1. The van der Waals surface area contributed by atoms with Crippen molar-refractivity contribution in [3.8, 4) is 0 Å². The molecule has 1 atom stereocenters. The Kier molecular flexibility index (Phi) is 5.78. The van der Waals surface area contributed by atoms with E-state index in [1.54, 1.807) is 0 Å². The number of nitrogens with two attached hydrogens (primary N) is 1. The van der Waals surface area contributed by atoms with Crippen molar-refractivity contribution in [1.82, 2.24) is 4.72 Å². The number of anilines is 1. The van der Waals surface area contributed by atoms with Crippen molar-refractivity contribution in [3.05, 3.63) is 29.8 Å². The van der Waals surface area contributed by atoms with Crippen LogP contribution in [0.2, 0.25) is 0 Å². The van der Waals surface area contributed by atoms with Gasteiger partial charge in [-0.25, -0.2) is 13.1 Å². The van der Waals surface area contributed by atoms with Gasteiger partial charge in [-0.3, -0.25) is 0 Å². The lowest BCUT2D eigenvalue weighted by Gasteiger charge is -2.22. The van der Waals surface area contributed by atoms with Crippen molar-refractivity contribution in [2.45, 2.75) is 19.9 Å². The Morgan fingerprint density at radius 1 is 1.21 bits per heavy atom. The van der Waals surface area contributed by atoms with Crippen LogP contribution in [-0.2, 0) is 10.0 Å². The predicted molar refractivity (Wildman–Crippen MR) is 79.8 cm³/mol. The van der Waals surface area contributed by atoms with Gasteiger partial charge in [0.1, 0.15) is 0 Å². The highest BCUT2D eigenvalue weighted by Crippen LogP contribution is 2.19. The quantitative estimate of drug-likeness (QED) is 0.786. The van der Waals surface area contributed by atoms with E-state index >= 15 is 0 Å². The Labute approximate surface area is 115 Å². The molecule has 0 aliphatic heterocycles. The third-order valence-corrected chi connectivity index (χ3v) is 3.73. The first-order chi connectivity index (χ1) is 8.91. The van der Waals surface area contributed by atoms with E-state index in [1.807, 2.05) is 24.3 Å². The summed E-state index contributed by atoms with van der Waals surface area (Å²) in [5.41, 5.74) is 7.63. The van der Waals surface area contributed by atoms with Crippen molar-refractivity contribution < 1.29 is 8.42 Å². The summed E-state index contributed by atoms with van der Waals surface area (Å²) in [7, 11) is -3.26. The van der Waals surface area contributed by atoms with E-state index in [4.69, 9.17) is 5.73 Å². The van der Waals surface area contributed by atoms with Crippen LogP contribution in [0.4, 0.5) is 5.69 Å². The average Bonchev–Trinajstić information content (AvgIpc) is 2.37. The molecule has 0 heterocycles. The second kappa shape index (κ2) is 6.88. The molecule has 0 bridgehead atoms. The molecule has 1 aromatic rings. The summed E-state index contributed by atoms with van der Waals surface area (Å²) in [4.78, 5) is 2.23. The van der Waals surface area contributed by atoms with Gasteiger partial charge in [-0.2, -0.15) is 0 Å². The molecule has 0 aliphatic rings. The highest BCUT2D eigenvalue weighted by atomic mass is 32.2. The summed E-state index contributed by atoms with van der Waals surface area (Å²) in [5, 5.41) is 0. The molecule has 19 heavy (non-hydrogen) atoms. The molecule has 1 unspecified atom stereocenters. The number of rotatable bonds is 7. The topological polar surface area (TPSA) is 75.4 Å². The highest BCUT2D eigenvalue weighted by Gasteiger charge is 2.14. The molecule has 0 fully saturated rings. The molecule has 0 radical (unpaired) electrons. The fraction of sp³-hybridized carbons (Fsp3) is 0.538. The fourth-order valence-electron chi connectivity index (χ4n) is 2.02. The first-order valence-electron chi connectivity index (χ1n) is 6.43. The van der Waals surface area contributed by atoms with Gasteiger partial charge in [-0.05, 0) is 31.5 Å². The molecular weight excluding hydrogens is 262 g/mol. The lowest BCUT2D eigenvalue weighted by Crippen LogP contribution is -2.32. The molecule has 0 aromatic heterocycles. The molecule has 1 aromatic carbocycles. The lowest BCUT2D eigenvalue weighted by atomic mass is 10.1. The minimum atomic E-state index is -3.26. The molecule has 0 amide bonds. The Morgan fingerprint density at radius 2 is 1.74 bits per heavy atom. The van der Waals surface area contributed by atoms with Gasteiger partial charge in [0.15, 0.2) is 0 Å². The maximum atomic E-state index is 11.3. The van der Waals surface area contributed by atoms with Crippen LogP contribution in [0.5, 0.6) is 0 Å². The lowest BCUT2D eigenvalue weighted by molar-refractivity contribution is 0.564. The molecule has 1 rings (SSSR count). The van der Waals surface area contributed by atoms with Gasteiger partial charge in [-0.1, -0.05) is 12.1 Å².